The number of rotatable bonds is 3. The molecule has 0 unspecified atom stereocenters. The zero-order chi connectivity index (χ0) is 15.0. The number of aromatic nitrogens is 2. The summed E-state index contributed by atoms with van der Waals surface area (Å²) in [7, 11) is 0. The normalized spacial score (nSPS) is 10.9. The van der Waals surface area contributed by atoms with Crippen LogP contribution >= 0.6 is 11.8 Å². The number of anilines is 1. The van der Waals surface area contributed by atoms with Crippen LogP contribution in [0.25, 0.3) is 11.0 Å². The number of benzene rings is 2. The number of nitrogens with zero attached hydrogens (tertiary/aromatic N) is 2. The van der Waals surface area contributed by atoms with Crippen LogP contribution in [-0.2, 0) is 0 Å². The number of nitrogens with two attached hydrogens (primary N) is 1. The first-order chi connectivity index (χ1) is 10.0. The molecule has 0 fully saturated rings. The molecule has 3 rings (SSSR count). The summed E-state index contributed by atoms with van der Waals surface area (Å²) < 4.78 is 0. The van der Waals surface area contributed by atoms with E-state index in [1.54, 1.807) is 12.1 Å². The zero-order valence-electron chi connectivity index (χ0n) is 11.2. The summed E-state index contributed by atoms with van der Waals surface area (Å²) in [4.78, 5) is 18.7. The minimum atomic E-state index is -0.468. The summed E-state index contributed by atoms with van der Waals surface area (Å²) in [5.74, 6) is 0. The number of hydrogen-bond donors (Lipinski definition) is 2. The molecule has 3 aromatic rings. The maximum atomic E-state index is 11.1. The van der Waals surface area contributed by atoms with Crippen LogP contribution in [0.15, 0.2) is 46.5 Å². The van der Waals surface area contributed by atoms with Gasteiger partial charge in [-0.2, -0.15) is 0 Å². The van der Waals surface area contributed by atoms with Crippen molar-refractivity contribution in [2.24, 2.45) is 0 Å². The van der Waals surface area contributed by atoms with E-state index in [0.717, 1.165) is 16.6 Å². The van der Waals surface area contributed by atoms with Gasteiger partial charge in [0, 0.05) is 0 Å². The fourth-order valence-corrected chi connectivity index (χ4v) is 3.02. The highest BCUT2D eigenvalue weighted by molar-refractivity contribution is 7.99. The Balaban J connectivity index is 2.02. The number of para-hydroxylation sites is 1. The molecule has 0 bridgehead atoms. The van der Waals surface area contributed by atoms with Crippen LogP contribution < -0.4 is 5.73 Å². The smallest absolute Gasteiger partial charge is 0.305 e. The molecule has 6 nitrogen and oxygen atoms in total. The lowest BCUT2D eigenvalue weighted by atomic mass is 10.2. The summed E-state index contributed by atoms with van der Waals surface area (Å²) in [5, 5.41) is 11.7. The quantitative estimate of drug-likeness (QED) is 0.438. The number of nitrogens with one attached hydrogen (secondary N) is 1. The van der Waals surface area contributed by atoms with E-state index in [0.29, 0.717) is 10.1 Å². The number of nitro groups is 1. The molecular formula is C14H12N4O2S. The van der Waals surface area contributed by atoms with Crippen molar-refractivity contribution in [1.29, 1.82) is 0 Å². The number of fused-ring (bicyclic) bond motifs is 1. The first kappa shape index (κ1) is 13.4. The van der Waals surface area contributed by atoms with Crippen molar-refractivity contribution in [3.05, 3.63) is 52.1 Å². The molecule has 0 spiro atoms. The summed E-state index contributed by atoms with van der Waals surface area (Å²) in [6.07, 6.45) is 0. The standard InChI is InChI=1S/C14H12N4O2S/c1-8-5-6-10-11(7-8)17-14(16-10)21-12-4-2-3-9(15)13(12)18(19)20/h2-7H,15H2,1H3,(H,16,17). The van der Waals surface area contributed by atoms with Crippen molar-refractivity contribution in [2.45, 2.75) is 17.0 Å². The molecule has 0 saturated carbocycles. The van der Waals surface area contributed by atoms with Crippen LogP contribution in [-0.4, -0.2) is 14.9 Å². The highest BCUT2D eigenvalue weighted by Gasteiger charge is 2.19. The second-order valence-electron chi connectivity index (χ2n) is 4.62. The van der Waals surface area contributed by atoms with Crippen molar-refractivity contribution in [3.63, 3.8) is 0 Å². The van der Waals surface area contributed by atoms with Gasteiger partial charge in [-0.3, -0.25) is 10.1 Å². The van der Waals surface area contributed by atoms with E-state index in [9.17, 15) is 10.1 Å². The van der Waals surface area contributed by atoms with Gasteiger partial charge in [-0.15, -0.1) is 0 Å². The van der Waals surface area contributed by atoms with Gasteiger partial charge in [0.15, 0.2) is 5.16 Å². The van der Waals surface area contributed by atoms with Crippen LogP contribution in [0.3, 0.4) is 0 Å². The molecule has 0 aliphatic rings. The summed E-state index contributed by atoms with van der Waals surface area (Å²) in [6, 6.07) is 10.7. The number of H-pyrrole nitrogens is 1. The molecule has 2 aromatic carbocycles. The predicted octanol–water partition coefficient (Wildman–Crippen LogP) is 3.51. The number of aryl methyl sites for hydroxylation is 1. The molecule has 1 heterocycles. The largest absolute Gasteiger partial charge is 0.393 e. The van der Waals surface area contributed by atoms with Crippen molar-refractivity contribution in [1.82, 2.24) is 9.97 Å². The Morgan fingerprint density at radius 3 is 2.90 bits per heavy atom. The molecule has 0 saturated heterocycles. The zero-order valence-corrected chi connectivity index (χ0v) is 12.0. The summed E-state index contributed by atoms with van der Waals surface area (Å²) >= 11 is 1.20. The van der Waals surface area contributed by atoms with Gasteiger partial charge < -0.3 is 10.7 Å². The first-order valence-electron chi connectivity index (χ1n) is 6.21. The van der Waals surface area contributed by atoms with Crippen molar-refractivity contribution in [2.75, 3.05) is 5.73 Å². The van der Waals surface area contributed by atoms with E-state index >= 15 is 0 Å². The Morgan fingerprint density at radius 2 is 2.14 bits per heavy atom. The lowest BCUT2D eigenvalue weighted by Crippen LogP contribution is -1.97. The third kappa shape index (κ3) is 2.55. The van der Waals surface area contributed by atoms with Gasteiger partial charge in [0.05, 0.1) is 20.9 Å². The van der Waals surface area contributed by atoms with Crippen LogP contribution in [0.5, 0.6) is 0 Å². The fraction of sp³-hybridized carbons (Fsp3) is 0.0714. The molecule has 0 atom stereocenters. The third-order valence-corrected chi connectivity index (χ3v) is 3.97. The molecule has 0 radical (unpaired) electrons. The van der Waals surface area contributed by atoms with Crippen molar-refractivity contribution >= 4 is 34.2 Å². The lowest BCUT2D eigenvalue weighted by Gasteiger charge is -2.02. The van der Waals surface area contributed by atoms with Crippen LogP contribution in [0, 0.1) is 17.0 Å². The van der Waals surface area contributed by atoms with Crippen molar-refractivity contribution in [3.8, 4) is 0 Å². The van der Waals surface area contributed by atoms with Gasteiger partial charge in [0.25, 0.3) is 0 Å². The SMILES string of the molecule is Cc1ccc2nc(Sc3cccc(N)c3[N+](=O)[O-])[nH]c2c1. The van der Waals surface area contributed by atoms with Gasteiger partial charge in [-0.25, -0.2) is 4.98 Å². The van der Waals surface area contributed by atoms with Gasteiger partial charge in [-0.1, -0.05) is 12.1 Å². The Labute approximate surface area is 124 Å². The van der Waals surface area contributed by atoms with Gasteiger partial charge in [0.1, 0.15) is 5.69 Å². The third-order valence-electron chi connectivity index (χ3n) is 3.04. The molecule has 0 amide bonds. The van der Waals surface area contributed by atoms with E-state index < -0.39 is 4.92 Å². The Hall–Kier alpha value is -2.54. The second-order valence-corrected chi connectivity index (χ2v) is 5.65. The number of aromatic amines is 1. The molecule has 3 N–H and O–H groups in total. The Kier molecular flexibility index (Phi) is 3.26. The van der Waals surface area contributed by atoms with E-state index in [1.165, 1.54) is 17.8 Å². The van der Waals surface area contributed by atoms with Crippen LogP contribution in [0.2, 0.25) is 0 Å². The van der Waals surface area contributed by atoms with E-state index in [1.807, 2.05) is 25.1 Å². The topological polar surface area (TPSA) is 97.8 Å². The first-order valence-corrected chi connectivity index (χ1v) is 7.03. The molecule has 0 aliphatic carbocycles. The maximum absolute atomic E-state index is 11.1. The van der Waals surface area contributed by atoms with E-state index in [2.05, 4.69) is 9.97 Å². The highest BCUT2D eigenvalue weighted by Crippen LogP contribution is 2.37. The van der Waals surface area contributed by atoms with Crippen molar-refractivity contribution < 1.29 is 4.92 Å². The maximum Gasteiger partial charge on any atom is 0.305 e. The van der Waals surface area contributed by atoms with Gasteiger partial charge in [0.2, 0.25) is 0 Å². The molecule has 7 heteroatoms. The average molecular weight is 300 g/mol. The van der Waals surface area contributed by atoms with Crippen LogP contribution in [0.4, 0.5) is 11.4 Å². The number of hydrogen-bond acceptors (Lipinski definition) is 5. The Morgan fingerprint density at radius 1 is 1.33 bits per heavy atom. The van der Waals surface area contributed by atoms with Crippen LogP contribution in [0.1, 0.15) is 5.56 Å². The lowest BCUT2D eigenvalue weighted by molar-refractivity contribution is -0.386. The summed E-state index contributed by atoms with van der Waals surface area (Å²) in [5.41, 5.74) is 8.61. The van der Waals surface area contributed by atoms with E-state index in [4.69, 9.17) is 5.73 Å². The molecular weight excluding hydrogens is 288 g/mol. The summed E-state index contributed by atoms with van der Waals surface area (Å²) in [6.45, 7) is 2.00. The highest BCUT2D eigenvalue weighted by atomic mass is 32.2. The minimum absolute atomic E-state index is 0.0841. The number of imidazole rings is 1. The van der Waals surface area contributed by atoms with Gasteiger partial charge >= 0.3 is 5.69 Å². The molecule has 21 heavy (non-hydrogen) atoms. The Bertz CT molecular complexity index is 844. The molecule has 106 valence electrons. The average Bonchev–Trinajstić information content (AvgIpc) is 2.79. The van der Waals surface area contributed by atoms with E-state index in [-0.39, 0.29) is 11.4 Å². The number of nitrogen functional groups attached to an aromatic ring is 1. The van der Waals surface area contributed by atoms with Gasteiger partial charge in [-0.05, 0) is 48.5 Å². The monoisotopic (exact) mass is 300 g/mol. The predicted molar refractivity (Wildman–Crippen MR) is 82.5 cm³/mol. The molecule has 0 aliphatic heterocycles. The minimum Gasteiger partial charge on any atom is -0.393 e. The molecule has 1 aromatic heterocycles. The number of nitro benzene ring substituents is 1. The fourth-order valence-electron chi connectivity index (χ4n) is 2.07. The second kappa shape index (κ2) is 5.10.